The molecule has 0 bridgehead atoms. The van der Waals surface area contributed by atoms with E-state index in [-0.39, 0.29) is 0 Å². The zero-order valence-corrected chi connectivity index (χ0v) is 10.5. The molecule has 0 atom stereocenters. The van der Waals surface area contributed by atoms with Crippen molar-refractivity contribution in [1.82, 2.24) is 4.98 Å². The Morgan fingerprint density at radius 1 is 0.882 bits per heavy atom. The van der Waals surface area contributed by atoms with Crippen molar-refractivity contribution in [3.8, 4) is 11.3 Å². The minimum atomic E-state index is 0.844. The van der Waals surface area contributed by atoms with Gasteiger partial charge in [-0.1, -0.05) is 36.4 Å². The van der Waals surface area contributed by atoms with Crippen molar-refractivity contribution in [2.24, 2.45) is 0 Å². The van der Waals surface area contributed by atoms with E-state index in [1.54, 1.807) is 0 Å². The van der Waals surface area contributed by atoms with Crippen LogP contribution in [0.15, 0.2) is 54.7 Å². The first-order valence-corrected chi connectivity index (χ1v) is 5.92. The van der Waals surface area contributed by atoms with Crippen LogP contribution >= 0.6 is 0 Å². The zero-order valence-electron chi connectivity index (χ0n) is 10.5. The van der Waals surface area contributed by atoms with E-state index >= 15 is 0 Å². The molecular weight excluding hydrogens is 210 g/mol. The molecule has 0 spiro atoms. The largest absolute Gasteiger partial charge is 0.382 e. The Labute approximate surface area is 103 Å². The predicted molar refractivity (Wildman–Crippen MR) is 71.8 cm³/mol. The normalized spacial score (nSPS) is 9.29. The van der Waals surface area contributed by atoms with Crippen LogP contribution in [-0.2, 0) is 4.74 Å². The third-order valence-electron chi connectivity index (χ3n) is 2.14. The van der Waals surface area contributed by atoms with E-state index in [0.29, 0.717) is 0 Å². The van der Waals surface area contributed by atoms with Crippen molar-refractivity contribution >= 4 is 0 Å². The molecule has 17 heavy (non-hydrogen) atoms. The quantitative estimate of drug-likeness (QED) is 0.798. The van der Waals surface area contributed by atoms with E-state index in [1.165, 1.54) is 0 Å². The lowest BCUT2D eigenvalue weighted by atomic mass is 10.1. The number of rotatable bonds is 3. The molecule has 2 nitrogen and oxygen atoms in total. The second-order valence-electron chi connectivity index (χ2n) is 3.36. The van der Waals surface area contributed by atoms with Crippen LogP contribution in [0.3, 0.4) is 0 Å². The fraction of sp³-hybridized carbons (Fsp3) is 0.267. The van der Waals surface area contributed by atoms with Gasteiger partial charge in [0.05, 0.1) is 5.69 Å². The molecule has 2 rings (SSSR count). The second kappa shape index (κ2) is 8.48. The molecule has 1 aromatic carbocycles. The van der Waals surface area contributed by atoms with Crippen LogP contribution in [0.25, 0.3) is 11.3 Å². The molecule has 1 aromatic heterocycles. The maximum Gasteiger partial charge on any atom is 0.0701 e. The number of benzene rings is 1. The van der Waals surface area contributed by atoms with Gasteiger partial charge in [-0.05, 0) is 26.0 Å². The first kappa shape index (κ1) is 13.4. The Morgan fingerprint density at radius 2 is 1.53 bits per heavy atom. The van der Waals surface area contributed by atoms with E-state index in [9.17, 15) is 0 Å². The highest BCUT2D eigenvalue weighted by atomic mass is 16.5. The summed E-state index contributed by atoms with van der Waals surface area (Å²) < 4.78 is 4.83. The first-order chi connectivity index (χ1) is 8.38. The van der Waals surface area contributed by atoms with Crippen LogP contribution in [-0.4, -0.2) is 18.2 Å². The van der Waals surface area contributed by atoms with Crippen molar-refractivity contribution in [1.29, 1.82) is 0 Å². The van der Waals surface area contributed by atoms with Gasteiger partial charge < -0.3 is 4.74 Å². The van der Waals surface area contributed by atoms with E-state index in [1.807, 2.05) is 56.4 Å². The summed E-state index contributed by atoms with van der Waals surface area (Å²) >= 11 is 0. The molecule has 0 aliphatic rings. The van der Waals surface area contributed by atoms with Crippen molar-refractivity contribution in [3.05, 3.63) is 54.7 Å². The van der Waals surface area contributed by atoms with Gasteiger partial charge in [-0.3, -0.25) is 4.98 Å². The number of aromatic nitrogens is 1. The van der Waals surface area contributed by atoms with Gasteiger partial charge in [-0.15, -0.1) is 0 Å². The van der Waals surface area contributed by atoms with Gasteiger partial charge in [-0.25, -0.2) is 0 Å². The molecule has 0 fully saturated rings. The molecule has 0 radical (unpaired) electrons. The van der Waals surface area contributed by atoms with E-state index < -0.39 is 0 Å². The van der Waals surface area contributed by atoms with Gasteiger partial charge in [0.2, 0.25) is 0 Å². The van der Waals surface area contributed by atoms with Gasteiger partial charge in [0, 0.05) is 25.0 Å². The molecule has 2 aromatic rings. The predicted octanol–water partition coefficient (Wildman–Crippen LogP) is 3.79. The van der Waals surface area contributed by atoms with Gasteiger partial charge in [-0.2, -0.15) is 0 Å². The van der Waals surface area contributed by atoms with Crippen molar-refractivity contribution in [2.45, 2.75) is 13.8 Å². The molecule has 1 heterocycles. The topological polar surface area (TPSA) is 22.1 Å². The highest BCUT2D eigenvalue weighted by molar-refractivity contribution is 5.58. The fourth-order valence-electron chi connectivity index (χ4n) is 1.35. The number of pyridine rings is 1. The first-order valence-electron chi connectivity index (χ1n) is 5.92. The highest BCUT2D eigenvalue weighted by Gasteiger charge is 1.93. The van der Waals surface area contributed by atoms with E-state index in [2.05, 4.69) is 17.1 Å². The highest BCUT2D eigenvalue weighted by Crippen LogP contribution is 2.14. The smallest absolute Gasteiger partial charge is 0.0701 e. The summed E-state index contributed by atoms with van der Waals surface area (Å²) in [4.78, 5) is 4.25. The Morgan fingerprint density at radius 3 is 2.00 bits per heavy atom. The number of nitrogens with zero attached hydrogens (tertiary/aromatic N) is 1. The SMILES string of the molecule is CCOCC.c1ccc(-c2ccccn2)cc1. The van der Waals surface area contributed by atoms with Gasteiger partial charge in [0.25, 0.3) is 0 Å². The summed E-state index contributed by atoms with van der Waals surface area (Å²) in [6, 6.07) is 16.1. The van der Waals surface area contributed by atoms with Crippen LogP contribution in [0, 0.1) is 0 Å². The van der Waals surface area contributed by atoms with Crippen LogP contribution < -0.4 is 0 Å². The van der Waals surface area contributed by atoms with E-state index in [0.717, 1.165) is 24.5 Å². The lowest BCUT2D eigenvalue weighted by Gasteiger charge is -1.97. The third-order valence-corrected chi connectivity index (χ3v) is 2.14. The van der Waals surface area contributed by atoms with Crippen LogP contribution in [0.1, 0.15) is 13.8 Å². The van der Waals surface area contributed by atoms with Crippen LogP contribution in [0.5, 0.6) is 0 Å². The lowest BCUT2D eigenvalue weighted by Crippen LogP contribution is -1.84. The van der Waals surface area contributed by atoms with Gasteiger partial charge in [0.15, 0.2) is 0 Å². The average molecular weight is 229 g/mol. The summed E-state index contributed by atoms with van der Waals surface area (Å²) in [5, 5.41) is 0. The molecule has 2 heteroatoms. The fourth-order valence-corrected chi connectivity index (χ4v) is 1.35. The number of hydrogen-bond acceptors (Lipinski definition) is 2. The maximum atomic E-state index is 4.83. The molecule has 90 valence electrons. The van der Waals surface area contributed by atoms with E-state index in [4.69, 9.17) is 4.74 Å². The molecule has 0 N–H and O–H groups in total. The summed E-state index contributed by atoms with van der Waals surface area (Å²) in [7, 11) is 0. The lowest BCUT2D eigenvalue weighted by molar-refractivity contribution is 0.162. The molecule has 0 amide bonds. The molecule has 0 aliphatic heterocycles. The number of hydrogen-bond donors (Lipinski definition) is 0. The Kier molecular flexibility index (Phi) is 6.68. The summed E-state index contributed by atoms with van der Waals surface area (Å²) in [5.74, 6) is 0. The van der Waals surface area contributed by atoms with Crippen molar-refractivity contribution in [2.75, 3.05) is 13.2 Å². The minimum Gasteiger partial charge on any atom is -0.382 e. The molecule has 0 aliphatic carbocycles. The monoisotopic (exact) mass is 229 g/mol. The Bertz CT molecular complexity index is 347. The van der Waals surface area contributed by atoms with Crippen molar-refractivity contribution in [3.63, 3.8) is 0 Å². The Hall–Kier alpha value is -1.67. The maximum absolute atomic E-state index is 4.83. The second-order valence-corrected chi connectivity index (χ2v) is 3.36. The van der Waals surface area contributed by atoms with Gasteiger partial charge in [0.1, 0.15) is 0 Å². The standard InChI is InChI=1S/C11H9N.C4H10O/c1-2-6-10(7-3-1)11-8-4-5-9-12-11;1-3-5-4-2/h1-9H;3-4H2,1-2H3. The minimum absolute atomic E-state index is 0.844. The van der Waals surface area contributed by atoms with Crippen molar-refractivity contribution < 1.29 is 4.74 Å². The summed E-state index contributed by atoms with van der Waals surface area (Å²) in [5.41, 5.74) is 2.19. The molecular formula is C15H19NO. The summed E-state index contributed by atoms with van der Waals surface area (Å²) in [6.07, 6.45) is 1.81. The Balaban J connectivity index is 0.000000249. The molecule has 0 unspecified atom stereocenters. The zero-order chi connectivity index (χ0) is 12.3. The van der Waals surface area contributed by atoms with Crippen LogP contribution in [0.4, 0.5) is 0 Å². The average Bonchev–Trinajstić information content (AvgIpc) is 2.42. The third kappa shape index (κ3) is 5.27. The van der Waals surface area contributed by atoms with Gasteiger partial charge >= 0.3 is 0 Å². The molecule has 0 saturated heterocycles. The number of ether oxygens (including phenoxy) is 1. The molecule has 0 saturated carbocycles. The van der Waals surface area contributed by atoms with Crippen LogP contribution in [0.2, 0.25) is 0 Å². The summed E-state index contributed by atoms with van der Waals surface area (Å²) in [6.45, 7) is 5.67.